The van der Waals surface area contributed by atoms with Gasteiger partial charge in [0.2, 0.25) is 5.88 Å². The zero-order chi connectivity index (χ0) is 17.4. The number of nitrogens with zero attached hydrogens (tertiary/aromatic N) is 2. The van der Waals surface area contributed by atoms with Crippen LogP contribution < -0.4 is 5.73 Å². The van der Waals surface area contributed by atoms with Crippen molar-refractivity contribution in [2.45, 2.75) is 25.2 Å². The number of carbonyl (C=O) groups excluding carboxylic acids is 1. The molecule has 1 aliphatic carbocycles. The zero-order valence-corrected chi connectivity index (χ0v) is 13.2. The van der Waals surface area contributed by atoms with Crippen molar-refractivity contribution in [2.24, 2.45) is 5.73 Å². The first-order valence-corrected chi connectivity index (χ1v) is 7.59. The lowest BCUT2D eigenvalue weighted by Gasteiger charge is -2.31. The van der Waals surface area contributed by atoms with Crippen LogP contribution in [0.5, 0.6) is 0 Å². The van der Waals surface area contributed by atoms with Crippen LogP contribution in [0.2, 0.25) is 5.02 Å². The van der Waals surface area contributed by atoms with Gasteiger partial charge < -0.3 is 10.5 Å². The van der Waals surface area contributed by atoms with Crippen LogP contribution in [-0.4, -0.2) is 10.7 Å². The summed E-state index contributed by atoms with van der Waals surface area (Å²) in [5.74, 6) is -0.511. The second kappa shape index (κ2) is 5.98. The molecule has 3 rings (SSSR count). The third-order valence-electron chi connectivity index (χ3n) is 4.11. The molecule has 1 atom stereocenters. The number of carbonyl (C=O) groups is 1. The van der Waals surface area contributed by atoms with Gasteiger partial charge in [-0.15, -0.1) is 0 Å². The van der Waals surface area contributed by atoms with E-state index in [1.807, 2.05) is 6.07 Å². The SMILES string of the molecule is N#CC1=C(N)OC2=C(C(=O)CCC2)[C@@H]1c1ccc([N+](=O)[O-])cc1Cl. The molecule has 0 spiro atoms. The molecule has 0 radical (unpaired) electrons. The number of hydrogen-bond acceptors (Lipinski definition) is 6. The highest BCUT2D eigenvalue weighted by atomic mass is 35.5. The highest BCUT2D eigenvalue weighted by Gasteiger charge is 2.39. The molecule has 1 heterocycles. The van der Waals surface area contributed by atoms with Crippen LogP contribution in [0.15, 0.2) is 41.0 Å². The lowest BCUT2D eigenvalue weighted by Crippen LogP contribution is -2.27. The largest absolute Gasteiger partial charge is 0.444 e. The van der Waals surface area contributed by atoms with E-state index in [9.17, 15) is 20.2 Å². The van der Waals surface area contributed by atoms with Gasteiger partial charge in [0.25, 0.3) is 5.69 Å². The van der Waals surface area contributed by atoms with Crippen molar-refractivity contribution in [1.82, 2.24) is 0 Å². The van der Waals surface area contributed by atoms with Gasteiger partial charge in [0.05, 0.1) is 15.9 Å². The number of rotatable bonds is 2. The number of hydrogen-bond donors (Lipinski definition) is 1. The standard InChI is InChI=1S/C16H12ClN3O4/c17-11-6-8(20(22)23)4-5-9(11)14-10(7-18)16(19)24-13-3-1-2-12(21)15(13)14/h4-6,14H,1-3,19H2/t14-/m1/s1. The number of non-ortho nitro benzene ring substituents is 1. The summed E-state index contributed by atoms with van der Waals surface area (Å²) in [6.07, 6.45) is 1.54. The van der Waals surface area contributed by atoms with E-state index in [0.717, 1.165) is 0 Å². The Morgan fingerprint density at radius 2 is 2.17 bits per heavy atom. The molecule has 0 fully saturated rings. The summed E-state index contributed by atoms with van der Waals surface area (Å²) in [5, 5.41) is 20.4. The molecule has 24 heavy (non-hydrogen) atoms. The Hall–Kier alpha value is -2.85. The molecule has 0 bridgehead atoms. The first kappa shape index (κ1) is 16.0. The van der Waals surface area contributed by atoms with E-state index in [-0.39, 0.29) is 27.9 Å². The minimum Gasteiger partial charge on any atom is -0.444 e. The fraction of sp³-hybridized carbons (Fsp3) is 0.250. The molecular weight excluding hydrogens is 334 g/mol. The van der Waals surface area contributed by atoms with Gasteiger partial charge in [0.1, 0.15) is 17.4 Å². The van der Waals surface area contributed by atoms with E-state index < -0.39 is 10.8 Å². The number of halogens is 1. The predicted octanol–water partition coefficient (Wildman–Crippen LogP) is 3.06. The van der Waals surface area contributed by atoms with Crippen molar-refractivity contribution in [3.05, 3.63) is 61.7 Å². The van der Waals surface area contributed by atoms with E-state index in [1.165, 1.54) is 18.2 Å². The minimum absolute atomic E-state index is 0.0645. The number of nitro benzene ring substituents is 1. The van der Waals surface area contributed by atoms with Crippen LogP contribution in [-0.2, 0) is 9.53 Å². The monoisotopic (exact) mass is 345 g/mol. The summed E-state index contributed by atoms with van der Waals surface area (Å²) in [7, 11) is 0. The Balaban J connectivity index is 2.20. The Bertz CT molecular complexity index is 867. The first-order valence-electron chi connectivity index (χ1n) is 7.21. The van der Waals surface area contributed by atoms with Gasteiger partial charge in [0.15, 0.2) is 5.78 Å². The lowest BCUT2D eigenvalue weighted by atomic mass is 9.77. The molecule has 2 aliphatic rings. The molecule has 2 N–H and O–H groups in total. The van der Waals surface area contributed by atoms with Crippen LogP contribution in [0.1, 0.15) is 30.7 Å². The maximum atomic E-state index is 12.4. The second-order valence-corrected chi connectivity index (χ2v) is 5.91. The highest BCUT2D eigenvalue weighted by Crippen LogP contribution is 2.45. The molecule has 0 unspecified atom stereocenters. The molecule has 1 aromatic rings. The molecule has 0 aromatic heterocycles. The predicted molar refractivity (Wildman–Crippen MR) is 84.6 cm³/mol. The molecular formula is C16H12ClN3O4. The van der Waals surface area contributed by atoms with Crippen molar-refractivity contribution >= 4 is 23.1 Å². The van der Waals surface area contributed by atoms with Crippen LogP contribution in [0, 0.1) is 21.4 Å². The summed E-state index contributed by atoms with van der Waals surface area (Å²) < 4.78 is 5.46. The molecule has 1 aliphatic heterocycles. The van der Waals surface area contributed by atoms with Crippen LogP contribution in [0.4, 0.5) is 5.69 Å². The number of benzene rings is 1. The molecule has 0 amide bonds. The number of ketones is 1. The number of nitriles is 1. The molecule has 7 nitrogen and oxygen atoms in total. The number of nitrogens with two attached hydrogens (primary N) is 1. The van der Waals surface area contributed by atoms with Crippen LogP contribution in [0.25, 0.3) is 0 Å². The smallest absolute Gasteiger partial charge is 0.270 e. The number of ether oxygens (including phenoxy) is 1. The van der Waals surface area contributed by atoms with Gasteiger partial charge in [-0.25, -0.2) is 0 Å². The van der Waals surface area contributed by atoms with Gasteiger partial charge in [-0.05, 0) is 18.1 Å². The summed E-state index contributed by atoms with van der Waals surface area (Å²) in [6, 6.07) is 5.91. The molecule has 122 valence electrons. The lowest BCUT2D eigenvalue weighted by molar-refractivity contribution is -0.384. The van der Waals surface area contributed by atoms with Crippen molar-refractivity contribution in [3.63, 3.8) is 0 Å². The average Bonchev–Trinajstić information content (AvgIpc) is 2.53. The molecule has 0 saturated heterocycles. The summed E-state index contributed by atoms with van der Waals surface area (Å²) >= 11 is 6.20. The van der Waals surface area contributed by atoms with E-state index in [0.29, 0.717) is 36.2 Å². The van der Waals surface area contributed by atoms with Crippen molar-refractivity contribution in [3.8, 4) is 6.07 Å². The molecule has 1 aromatic carbocycles. The maximum absolute atomic E-state index is 12.4. The van der Waals surface area contributed by atoms with E-state index >= 15 is 0 Å². The van der Waals surface area contributed by atoms with Crippen molar-refractivity contribution in [1.29, 1.82) is 5.26 Å². The quantitative estimate of drug-likeness (QED) is 0.649. The summed E-state index contributed by atoms with van der Waals surface area (Å²) in [4.78, 5) is 22.7. The Labute approximate surface area is 142 Å². The Kier molecular flexibility index (Phi) is 3.99. The van der Waals surface area contributed by atoms with Gasteiger partial charge >= 0.3 is 0 Å². The second-order valence-electron chi connectivity index (χ2n) is 5.50. The van der Waals surface area contributed by atoms with Gasteiger partial charge in [-0.1, -0.05) is 11.6 Å². The fourth-order valence-corrected chi connectivity index (χ4v) is 3.31. The number of nitro groups is 1. The number of allylic oxidation sites excluding steroid dienone is 3. The highest BCUT2D eigenvalue weighted by molar-refractivity contribution is 6.31. The van der Waals surface area contributed by atoms with E-state index in [4.69, 9.17) is 22.1 Å². The van der Waals surface area contributed by atoms with Crippen LogP contribution >= 0.6 is 11.6 Å². The fourth-order valence-electron chi connectivity index (χ4n) is 3.03. The van der Waals surface area contributed by atoms with Crippen LogP contribution in [0.3, 0.4) is 0 Å². The average molecular weight is 346 g/mol. The minimum atomic E-state index is -0.764. The Morgan fingerprint density at radius 3 is 2.79 bits per heavy atom. The van der Waals surface area contributed by atoms with E-state index in [1.54, 1.807) is 0 Å². The normalized spacial score (nSPS) is 20.3. The maximum Gasteiger partial charge on any atom is 0.270 e. The zero-order valence-electron chi connectivity index (χ0n) is 12.4. The van der Waals surface area contributed by atoms with Crippen molar-refractivity contribution in [2.75, 3.05) is 0 Å². The summed E-state index contributed by atoms with van der Waals surface area (Å²) in [5.41, 5.74) is 6.54. The van der Waals surface area contributed by atoms with E-state index in [2.05, 4.69) is 0 Å². The Morgan fingerprint density at radius 1 is 1.42 bits per heavy atom. The third-order valence-corrected chi connectivity index (χ3v) is 4.44. The first-order chi connectivity index (χ1) is 11.4. The topological polar surface area (TPSA) is 119 Å². The van der Waals surface area contributed by atoms with Gasteiger partial charge in [-0.3, -0.25) is 14.9 Å². The van der Waals surface area contributed by atoms with Crippen molar-refractivity contribution < 1.29 is 14.5 Å². The number of Topliss-reactive ketones (excluding diaryl/α,β-unsaturated/α-hetero) is 1. The molecule has 8 heteroatoms. The third kappa shape index (κ3) is 2.51. The van der Waals surface area contributed by atoms with Gasteiger partial charge in [-0.2, -0.15) is 5.26 Å². The van der Waals surface area contributed by atoms with Gasteiger partial charge in [0, 0.05) is 30.5 Å². The molecule has 0 saturated carbocycles. The summed E-state index contributed by atoms with van der Waals surface area (Å²) in [6.45, 7) is 0.